The molecule has 110 valence electrons. The Hall–Kier alpha value is -2.67. The van der Waals surface area contributed by atoms with Crippen LogP contribution in [-0.2, 0) is 6.42 Å². The number of pyridine rings is 1. The molecule has 1 heteroatoms. The highest BCUT2D eigenvalue weighted by atomic mass is 14.7. The van der Waals surface area contributed by atoms with Crippen LogP contribution >= 0.6 is 0 Å². The van der Waals surface area contributed by atoms with Crippen molar-refractivity contribution in [1.29, 1.82) is 0 Å². The van der Waals surface area contributed by atoms with Crippen molar-refractivity contribution in [3.05, 3.63) is 83.3 Å². The van der Waals surface area contributed by atoms with Crippen molar-refractivity contribution in [1.82, 2.24) is 4.98 Å². The van der Waals surface area contributed by atoms with E-state index < -0.39 is 0 Å². The van der Waals surface area contributed by atoms with Crippen LogP contribution in [0.5, 0.6) is 0 Å². The minimum Gasteiger partial charge on any atom is -0.261 e. The second-order valence-electron chi connectivity index (χ2n) is 6.43. The number of hydrogen-bond acceptors (Lipinski definition) is 1. The molecule has 1 aliphatic rings. The molecule has 1 nitrogen and oxygen atoms in total. The Morgan fingerprint density at radius 3 is 2.52 bits per heavy atom. The number of nitrogens with zero attached hydrogens (tertiary/aromatic N) is 1. The molecule has 0 saturated carbocycles. The van der Waals surface area contributed by atoms with Crippen molar-refractivity contribution in [2.24, 2.45) is 0 Å². The van der Waals surface area contributed by atoms with Crippen LogP contribution in [0.15, 0.2) is 66.9 Å². The highest BCUT2D eigenvalue weighted by Crippen LogP contribution is 2.35. The normalized spacial score (nSPS) is 16.6. The van der Waals surface area contributed by atoms with E-state index in [9.17, 15) is 0 Å². The summed E-state index contributed by atoms with van der Waals surface area (Å²) in [5.41, 5.74) is 2.67. The van der Waals surface area contributed by atoms with Gasteiger partial charge in [-0.3, -0.25) is 4.98 Å². The number of aromatic nitrogens is 1. The molecule has 1 heterocycles. The molecule has 1 aromatic heterocycles. The molecule has 0 fully saturated rings. The summed E-state index contributed by atoms with van der Waals surface area (Å²) < 4.78 is 0. The zero-order chi connectivity index (χ0) is 15.2. The smallest absolute Gasteiger partial charge is 0.0409 e. The van der Waals surface area contributed by atoms with Crippen LogP contribution in [0, 0.1) is 0 Å². The van der Waals surface area contributed by atoms with Gasteiger partial charge in [0.05, 0.1) is 0 Å². The lowest BCUT2D eigenvalue weighted by Gasteiger charge is -2.23. The van der Waals surface area contributed by atoms with E-state index in [1.165, 1.54) is 38.0 Å². The number of rotatable bonds is 2. The van der Waals surface area contributed by atoms with E-state index in [4.69, 9.17) is 0 Å². The Kier molecular flexibility index (Phi) is 2.75. The van der Waals surface area contributed by atoms with Crippen molar-refractivity contribution in [3.8, 4) is 0 Å². The summed E-state index contributed by atoms with van der Waals surface area (Å²) in [4.78, 5) is 4.52. The molecule has 1 atom stereocenters. The predicted molar refractivity (Wildman–Crippen MR) is 96.4 cm³/mol. The van der Waals surface area contributed by atoms with Gasteiger partial charge in [0.25, 0.3) is 0 Å². The fourth-order valence-corrected chi connectivity index (χ4v) is 4.01. The van der Waals surface area contributed by atoms with Gasteiger partial charge in [-0.2, -0.15) is 0 Å². The lowest BCUT2D eigenvalue weighted by Crippen LogP contribution is -2.15. The van der Waals surface area contributed by atoms with Gasteiger partial charge in [0.1, 0.15) is 0 Å². The Bertz CT molecular complexity index is 1050. The van der Waals surface area contributed by atoms with E-state index in [0.29, 0.717) is 5.92 Å². The minimum absolute atomic E-state index is 0.521. The Balaban J connectivity index is 1.74. The largest absolute Gasteiger partial charge is 0.261 e. The average Bonchev–Trinajstić information content (AvgIpc) is 2.62. The lowest BCUT2D eigenvalue weighted by molar-refractivity contribution is 0.698. The van der Waals surface area contributed by atoms with E-state index in [2.05, 4.69) is 65.7 Å². The zero-order valence-corrected chi connectivity index (χ0v) is 12.9. The molecule has 0 saturated heterocycles. The van der Waals surface area contributed by atoms with Crippen LogP contribution in [0.4, 0.5) is 0 Å². The third-order valence-electron chi connectivity index (χ3n) is 5.08. The second-order valence-corrected chi connectivity index (χ2v) is 6.43. The van der Waals surface area contributed by atoms with Crippen LogP contribution < -0.4 is 5.22 Å². The number of hydrogen-bond donors (Lipinski definition) is 0. The third kappa shape index (κ3) is 1.97. The maximum atomic E-state index is 4.52. The van der Waals surface area contributed by atoms with Crippen LogP contribution in [0.25, 0.3) is 27.6 Å². The average molecular weight is 295 g/mol. The zero-order valence-electron chi connectivity index (χ0n) is 12.9. The van der Waals surface area contributed by atoms with Gasteiger partial charge in [-0.05, 0) is 63.2 Å². The summed E-state index contributed by atoms with van der Waals surface area (Å²) in [6, 6.07) is 21.9. The predicted octanol–water partition coefficient (Wildman–Crippen LogP) is 4.62. The van der Waals surface area contributed by atoms with Crippen LogP contribution in [0.2, 0.25) is 0 Å². The van der Waals surface area contributed by atoms with Crippen molar-refractivity contribution in [3.63, 3.8) is 0 Å². The van der Waals surface area contributed by atoms with Gasteiger partial charge in [-0.1, -0.05) is 54.6 Å². The van der Waals surface area contributed by atoms with Crippen molar-refractivity contribution < 1.29 is 0 Å². The molecule has 0 radical (unpaired) electrons. The first-order chi connectivity index (χ1) is 11.4. The minimum atomic E-state index is 0.521. The molecule has 5 rings (SSSR count). The van der Waals surface area contributed by atoms with E-state index in [1.807, 2.05) is 12.3 Å². The highest BCUT2D eigenvalue weighted by Gasteiger charge is 2.20. The highest BCUT2D eigenvalue weighted by molar-refractivity contribution is 6.11. The van der Waals surface area contributed by atoms with Gasteiger partial charge >= 0.3 is 0 Å². The third-order valence-corrected chi connectivity index (χ3v) is 5.08. The van der Waals surface area contributed by atoms with Crippen molar-refractivity contribution >= 4 is 27.6 Å². The van der Waals surface area contributed by atoms with Crippen LogP contribution in [0.1, 0.15) is 23.6 Å². The van der Waals surface area contributed by atoms with Crippen molar-refractivity contribution in [2.75, 3.05) is 0 Å². The van der Waals surface area contributed by atoms with Crippen molar-refractivity contribution in [2.45, 2.75) is 18.8 Å². The Morgan fingerprint density at radius 2 is 1.70 bits per heavy atom. The summed E-state index contributed by atoms with van der Waals surface area (Å²) in [6.07, 6.45) is 6.40. The SMILES string of the molecule is C1=c2ccc3cccc4ccc(c2c43)C(Cc2ccccn2)C1. The molecule has 0 N–H and O–H groups in total. The molecular formula is C22H17N. The molecule has 23 heavy (non-hydrogen) atoms. The number of benzene rings is 3. The van der Waals surface area contributed by atoms with Gasteiger partial charge in [-0.25, -0.2) is 0 Å². The Labute approximate surface area is 135 Å². The molecule has 0 bridgehead atoms. The standard InChI is InChI=1S/C22H17N/c1-2-13-23-19(6-1)14-18-10-9-17-8-7-15-4-3-5-16-11-12-20(18)22(17)21(15)16/h1-9,11-13,18H,10,14H2. The van der Waals surface area contributed by atoms with Gasteiger partial charge in [0.15, 0.2) is 0 Å². The van der Waals surface area contributed by atoms with Gasteiger partial charge in [-0.15, -0.1) is 0 Å². The summed E-state index contributed by atoms with van der Waals surface area (Å²) in [5.74, 6) is 0.521. The topological polar surface area (TPSA) is 12.9 Å². The molecular weight excluding hydrogens is 278 g/mol. The quantitative estimate of drug-likeness (QED) is 0.526. The molecule has 4 aromatic rings. The second kappa shape index (κ2) is 4.92. The fraction of sp³-hybridized carbons (Fsp3) is 0.136. The molecule has 3 aromatic carbocycles. The van der Waals surface area contributed by atoms with E-state index in [1.54, 1.807) is 0 Å². The summed E-state index contributed by atoms with van der Waals surface area (Å²) in [5, 5.41) is 6.95. The van der Waals surface area contributed by atoms with Gasteiger partial charge < -0.3 is 0 Å². The maximum absolute atomic E-state index is 4.52. The van der Waals surface area contributed by atoms with Gasteiger partial charge in [0, 0.05) is 11.9 Å². The van der Waals surface area contributed by atoms with E-state index in [0.717, 1.165) is 12.8 Å². The van der Waals surface area contributed by atoms with E-state index in [-0.39, 0.29) is 0 Å². The van der Waals surface area contributed by atoms with E-state index >= 15 is 0 Å². The summed E-state index contributed by atoms with van der Waals surface area (Å²) in [7, 11) is 0. The first-order valence-electron chi connectivity index (χ1n) is 8.24. The molecule has 1 aliphatic carbocycles. The molecule has 0 amide bonds. The summed E-state index contributed by atoms with van der Waals surface area (Å²) in [6.45, 7) is 0. The van der Waals surface area contributed by atoms with Gasteiger partial charge in [0.2, 0.25) is 0 Å². The monoisotopic (exact) mass is 295 g/mol. The fourth-order valence-electron chi connectivity index (χ4n) is 4.01. The van der Waals surface area contributed by atoms with Crippen LogP contribution in [-0.4, -0.2) is 4.98 Å². The molecule has 0 aliphatic heterocycles. The summed E-state index contributed by atoms with van der Waals surface area (Å²) >= 11 is 0. The Morgan fingerprint density at radius 1 is 0.826 bits per heavy atom. The lowest BCUT2D eigenvalue weighted by atomic mass is 9.81. The maximum Gasteiger partial charge on any atom is 0.0409 e. The first kappa shape index (κ1) is 12.8. The molecule has 1 unspecified atom stereocenters. The molecule has 0 spiro atoms. The van der Waals surface area contributed by atoms with Crippen LogP contribution in [0.3, 0.4) is 0 Å². The first-order valence-corrected chi connectivity index (χ1v) is 8.24.